The van der Waals surface area contributed by atoms with Crippen LogP contribution in [0.4, 0.5) is 0 Å². The number of hydrogen-bond donors (Lipinski definition) is 1. The number of nitrogens with zero attached hydrogens (tertiary/aromatic N) is 3. The van der Waals surface area contributed by atoms with Gasteiger partial charge in [-0.3, -0.25) is 4.68 Å². The van der Waals surface area contributed by atoms with E-state index in [0.29, 0.717) is 11.6 Å². The molecule has 19 heavy (non-hydrogen) atoms. The van der Waals surface area contributed by atoms with Crippen molar-refractivity contribution in [2.24, 2.45) is 7.05 Å². The van der Waals surface area contributed by atoms with E-state index in [-0.39, 0.29) is 6.04 Å². The SMILES string of the molecule is CNC(C)c1cc(Cl)ccc1OCc1cn(C)nn1. The third-order valence-electron chi connectivity index (χ3n) is 2.90. The van der Waals surface area contributed by atoms with Gasteiger partial charge in [0, 0.05) is 23.7 Å². The zero-order chi connectivity index (χ0) is 13.8. The number of benzene rings is 1. The lowest BCUT2D eigenvalue weighted by Gasteiger charge is -2.16. The van der Waals surface area contributed by atoms with Crippen molar-refractivity contribution >= 4 is 11.6 Å². The van der Waals surface area contributed by atoms with E-state index < -0.39 is 0 Å². The van der Waals surface area contributed by atoms with Crippen molar-refractivity contribution in [2.75, 3.05) is 7.05 Å². The van der Waals surface area contributed by atoms with E-state index in [0.717, 1.165) is 17.0 Å². The Hall–Kier alpha value is -1.59. The molecule has 0 aliphatic heterocycles. The number of hydrogen-bond acceptors (Lipinski definition) is 4. The van der Waals surface area contributed by atoms with Gasteiger partial charge < -0.3 is 10.1 Å². The van der Waals surface area contributed by atoms with Gasteiger partial charge in [-0.1, -0.05) is 16.8 Å². The highest BCUT2D eigenvalue weighted by atomic mass is 35.5. The van der Waals surface area contributed by atoms with Gasteiger partial charge in [0.1, 0.15) is 18.1 Å². The Morgan fingerprint density at radius 1 is 1.47 bits per heavy atom. The molecule has 2 aromatic rings. The topological polar surface area (TPSA) is 52.0 Å². The largest absolute Gasteiger partial charge is 0.487 e. The van der Waals surface area contributed by atoms with Crippen LogP contribution in [0.15, 0.2) is 24.4 Å². The van der Waals surface area contributed by atoms with Crippen molar-refractivity contribution in [3.05, 3.63) is 40.7 Å². The fraction of sp³-hybridized carbons (Fsp3) is 0.385. The summed E-state index contributed by atoms with van der Waals surface area (Å²) in [5, 5.41) is 11.7. The highest BCUT2D eigenvalue weighted by molar-refractivity contribution is 6.30. The molecule has 0 spiro atoms. The number of nitrogens with one attached hydrogen (secondary N) is 1. The molecule has 6 heteroatoms. The van der Waals surface area contributed by atoms with Crippen LogP contribution < -0.4 is 10.1 Å². The number of halogens is 1. The van der Waals surface area contributed by atoms with Gasteiger partial charge in [0.15, 0.2) is 0 Å². The Morgan fingerprint density at radius 2 is 2.26 bits per heavy atom. The molecule has 1 unspecified atom stereocenters. The van der Waals surface area contributed by atoms with E-state index in [4.69, 9.17) is 16.3 Å². The van der Waals surface area contributed by atoms with Crippen molar-refractivity contribution in [1.82, 2.24) is 20.3 Å². The Balaban J connectivity index is 2.15. The van der Waals surface area contributed by atoms with Gasteiger partial charge in [0.25, 0.3) is 0 Å². The Morgan fingerprint density at radius 3 is 2.89 bits per heavy atom. The minimum Gasteiger partial charge on any atom is -0.487 e. The van der Waals surface area contributed by atoms with Gasteiger partial charge in [-0.2, -0.15) is 0 Å². The average molecular weight is 281 g/mol. The fourth-order valence-electron chi connectivity index (χ4n) is 1.76. The van der Waals surface area contributed by atoms with Crippen LogP contribution >= 0.6 is 11.6 Å². The number of rotatable bonds is 5. The number of aromatic nitrogens is 3. The van der Waals surface area contributed by atoms with Gasteiger partial charge in [0.05, 0.1) is 6.20 Å². The first-order chi connectivity index (χ1) is 9.10. The maximum atomic E-state index is 6.03. The lowest BCUT2D eigenvalue weighted by molar-refractivity contribution is 0.295. The molecule has 2 rings (SSSR count). The van der Waals surface area contributed by atoms with Gasteiger partial charge in [-0.15, -0.1) is 5.10 Å². The molecule has 0 aliphatic rings. The van der Waals surface area contributed by atoms with E-state index in [9.17, 15) is 0 Å². The molecule has 0 amide bonds. The second kappa shape index (κ2) is 6.04. The maximum absolute atomic E-state index is 6.03. The Labute approximate surface area is 117 Å². The number of ether oxygens (including phenoxy) is 1. The van der Waals surface area contributed by atoms with Crippen molar-refractivity contribution < 1.29 is 4.74 Å². The summed E-state index contributed by atoms with van der Waals surface area (Å²) < 4.78 is 7.45. The van der Waals surface area contributed by atoms with Crippen molar-refractivity contribution in [1.29, 1.82) is 0 Å². The normalized spacial score (nSPS) is 12.4. The summed E-state index contributed by atoms with van der Waals surface area (Å²) in [6, 6.07) is 5.77. The molecule has 1 aromatic heterocycles. The van der Waals surface area contributed by atoms with Crippen molar-refractivity contribution in [2.45, 2.75) is 19.6 Å². The van der Waals surface area contributed by atoms with E-state index in [1.807, 2.05) is 38.5 Å². The molecule has 1 heterocycles. The van der Waals surface area contributed by atoms with Gasteiger partial charge in [-0.25, -0.2) is 0 Å². The Kier molecular flexibility index (Phi) is 4.39. The van der Waals surface area contributed by atoms with Crippen LogP contribution in [-0.2, 0) is 13.7 Å². The highest BCUT2D eigenvalue weighted by Crippen LogP contribution is 2.28. The summed E-state index contributed by atoms with van der Waals surface area (Å²) in [6.07, 6.45) is 1.83. The van der Waals surface area contributed by atoms with Gasteiger partial charge in [0.2, 0.25) is 0 Å². The molecule has 102 valence electrons. The maximum Gasteiger partial charge on any atom is 0.134 e. The summed E-state index contributed by atoms with van der Waals surface area (Å²) >= 11 is 6.03. The monoisotopic (exact) mass is 280 g/mol. The molecule has 1 N–H and O–H groups in total. The quantitative estimate of drug-likeness (QED) is 0.913. The summed E-state index contributed by atoms with van der Waals surface area (Å²) in [5.41, 5.74) is 1.82. The first-order valence-electron chi connectivity index (χ1n) is 6.05. The third-order valence-corrected chi connectivity index (χ3v) is 3.13. The van der Waals surface area contributed by atoms with Crippen LogP contribution in [-0.4, -0.2) is 22.0 Å². The molecular formula is C13H17ClN4O. The molecule has 0 radical (unpaired) electrons. The second-order valence-corrected chi connectivity index (χ2v) is 4.80. The molecule has 1 aromatic carbocycles. The standard InChI is InChI=1S/C13H17ClN4O/c1-9(15-2)12-6-10(14)4-5-13(12)19-8-11-7-18(3)17-16-11/h4-7,9,15H,8H2,1-3H3. The van der Waals surface area contributed by atoms with Crippen LogP contribution in [0.2, 0.25) is 5.02 Å². The third kappa shape index (κ3) is 3.45. The molecule has 0 saturated heterocycles. The lowest BCUT2D eigenvalue weighted by Crippen LogP contribution is -2.13. The van der Waals surface area contributed by atoms with Gasteiger partial charge >= 0.3 is 0 Å². The molecule has 5 nitrogen and oxygen atoms in total. The zero-order valence-electron chi connectivity index (χ0n) is 11.2. The summed E-state index contributed by atoms with van der Waals surface area (Å²) in [6.45, 7) is 2.44. The minimum atomic E-state index is 0.163. The summed E-state index contributed by atoms with van der Waals surface area (Å²) in [5.74, 6) is 0.803. The predicted molar refractivity (Wildman–Crippen MR) is 74.3 cm³/mol. The van der Waals surface area contributed by atoms with Crippen molar-refractivity contribution in [3.63, 3.8) is 0 Å². The fourth-order valence-corrected chi connectivity index (χ4v) is 1.94. The van der Waals surface area contributed by atoms with Gasteiger partial charge in [-0.05, 0) is 32.2 Å². The van der Waals surface area contributed by atoms with Crippen molar-refractivity contribution in [3.8, 4) is 5.75 Å². The smallest absolute Gasteiger partial charge is 0.134 e. The first-order valence-corrected chi connectivity index (χ1v) is 6.42. The van der Waals surface area contributed by atoms with E-state index in [1.165, 1.54) is 0 Å². The lowest BCUT2D eigenvalue weighted by atomic mass is 10.1. The van der Waals surface area contributed by atoms with E-state index >= 15 is 0 Å². The molecule has 0 bridgehead atoms. The molecule has 0 fully saturated rings. The van der Waals surface area contributed by atoms with Crippen LogP contribution in [0.3, 0.4) is 0 Å². The second-order valence-electron chi connectivity index (χ2n) is 4.36. The summed E-state index contributed by atoms with van der Waals surface area (Å²) in [4.78, 5) is 0. The predicted octanol–water partition coefficient (Wildman–Crippen LogP) is 2.33. The zero-order valence-corrected chi connectivity index (χ0v) is 12.0. The minimum absolute atomic E-state index is 0.163. The van der Waals surface area contributed by atoms with E-state index in [2.05, 4.69) is 22.6 Å². The summed E-state index contributed by atoms with van der Waals surface area (Å²) in [7, 11) is 3.73. The molecule has 0 aliphatic carbocycles. The molecular weight excluding hydrogens is 264 g/mol. The van der Waals surface area contributed by atoms with Crippen LogP contribution in [0.5, 0.6) is 5.75 Å². The average Bonchev–Trinajstić information content (AvgIpc) is 2.82. The molecule has 1 atom stereocenters. The first kappa shape index (κ1) is 13.8. The number of aryl methyl sites for hydroxylation is 1. The molecule has 0 saturated carbocycles. The Bertz CT molecular complexity index is 555. The van der Waals surface area contributed by atoms with Crippen LogP contribution in [0, 0.1) is 0 Å². The van der Waals surface area contributed by atoms with Crippen LogP contribution in [0.1, 0.15) is 24.2 Å². The van der Waals surface area contributed by atoms with Crippen LogP contribution in [0.25, 0.3) is 0 Å². The highest BCUT2D eigenvalue weighted by Gasteiger charge is 2.11. The van der Waals surface area contributed by atoms with E-state index in [1.54, 1.807) is 4.68 Å².